The maximum absolute atomic E-state index is 14.3. The molecule has 1 aromatic heterocycles. The molecule has 2 amide bonds. The topological polar surface area (TPSA) is 94.6 Å². The summed E-state index contributed by atoms with van der Waals surface area (Å²) in [5.74, 6) is -1.37. The van der Waals surface area contributed by atoms with Crippen LogP contribution in [0.3, 0.4) is 0 Å². The first-order valence-electron chi connectivity index (χ1n) is 12.9. The Labute approximate surface area is 240 Å². The van der Waals surface area contributed by atoms with Gasteiger partial charge in [-0.3, -0.25) is 14.4 Å². The summed E-state index contributed by atoms with van der Waals surface area (Å²) in [5.41, 5.74) is 2.44. The number of fused-ring (bicyclic) bond motifs is 2. The van der Waals surface area contributed by atoms with Gasteiger partial charge in [0.2, 0.25) is 5.91 Å². The van der Waals surface area contributed by atoms with E-state index in [1.807, 2.05) is 0 Å². The highest BCUT2D eigenvalue weighted by atomic mass is 35.5. The van der Waals surface area contributed by atoms with E-state index in [1.165, 1.54) is 25.6 Å². The molecular formula is C29H27ClN2O7S. The molecule has 0 radical (unpaired) electrons. The molecule has 3 atom stereocenters. The number of hydroxylamine groups is 1. The van der Waals surface area contributed by atoms with Gasteiger partial charge in [-0.2, -0.15) is 0 Å². The minimum atomic E-state index is -1.11. The molecule has 0 spiro atoms. The normalized spacial score (nSPS) is 21.9. The van der Waals surface area contributed by atoms with Crippen LogP contribution in [0.5, 0.6) is 11.5 Å². The van der Waals surface area contributed by atoms with E-state index in [0.29, 0.717) is 44.8 Å². The van der Waals surface area contributed by atoms with Gasteiger partial charge in [0.15, 0.2) is 6.10 Å². The van der Waals surface area contributed by atoms with Crippen molar-refractivity contribution in [1.29, 1.82) is 0 Å². The number of thiophene rings is 1. The summed E-state index contributed by atoms with van der Waals surface area (Å²) in [4.78, 5) is 49.6. The number of amides is 2. The van der Waals surface area contributed by atoms with Crippen LogP contribution in [0.15, 0.2) is 42.5 Å². The molecule has 2 aromatic carbocycles. The predicted octanol–water partition coefficient (Wildman–Crippen LogP) is 5.14. The van der Waals surface area contributed by atoms with Crippen LogP contribution in [0, 0.1) is 5.92 Å². The number of halogens is 1. The number of imide groups is 1. The molecule has 3 aliphatic rings. The molecule has 2 aliphatic heterocycles. The van der Waals surface area contributed by atoms with E-state index in [0.717, 1.165) is 34.6 Å². The number of nitrogens with zero attached hydrogens (tertiary/aromatic N) is 2. The average Bonchev–Trinajstić information content (AvgIpc) is 3.62. The number of carbonyl (C=O) groups excluding carboxylic acids is 3. The zero-order valence-electron chi connectivity index (χ0n) is 22.1. The van der Waals surface area contributed by atoms with E-state index in [4.69, 9.17) is 30.6 Å². The fourth-order valence-electron chi connectivity index (χ4n) is 5.83. The first kappa shape index (κ1) is 26.6. The van der Waals surface area contributed by atoms with Gasteiger partial charge < -0.3 is 14.2 Å². The molecule has 40 heavy (non-hydrogen) atoms. The SMILES string of the molecule is COC(=O)c1c(N2C(=O)[C@@H]3[C@H](ON(c4ccc(Cl)cc4)[C@H]3c3ccc(OC)cc3OC)C2=O)sc2c1CCCC2. The summed E-state index contributed by atoms with van der Waals surface area (Å²) >= 11 is 7.45. The van der Waals surface area contributed by atoms with Crippen LogP contribution < -0.4 is 19.4 Å². The van der Waals surface area contributed by atoms with E-state index in [2.05, 4.69) is 0 Å². The van der Waals surface area contributed by atoms with E-state index in [-0.39, 0.29) is 0 Å². The van der Waals surface area contributed by atoms with Crippen molar-refractivity contribution < 1.29 is 33.4 Å². The Balaban J connectivity index is 1.47. The predicted molar refractivity (Wildman–Crippen MR) is 149 cm³/mol. The lowest BCUT2D eigenvalue weighted by Crippen LogP contribution is -2.37. The van der Waals surface area contributed by atoms with Crippen molar-refractivity contribution in [2.75, 3.05) is 31.3 Å². The summed E-state index contributed by atoms with van der Waals surface area (Å²) in [6, 6.07) is 11.5. The molecule has 6 rings (SSSR count). The second-order valence-electron chi connectivity index (χ2n) is 9.80. The first-order chi connectivity index (χ1) is 19.4. The minimum absolute atomic E-state index is 0.303. The zero-order chi connectivity index (χ0) is 28.1. The lowest BCUT2D eigenvalue weighted by molar-refractivity contribution is -0.126. The number of methoxy groups -OCH3 is 3. The molecule has 3 aromatic rings. The number of hydrogen-bond donors (Lipinski definition) is 0. The molecule has 2 saturated heterocycles. The van der Waals surface area contributed by atoms with Crippen molar-refractivity contribution in [2.24, 2.45) is 5.92 Å². The second kappa shape index (κ2) is 10.4. The number of hydrogen-bond acceptors (Lipinski definition) is 9. The van der Waals surface area contributed by atoms with Crippen LogP contribution >= 0.6 is 22.9 Å². The third kappa shape index (κ3) is 4.13. The highest BCUT2D eigenvalue weighted by Gasteiger charge is 2.61. The maximum Gasteiger partial charge on any atom is 0.341 e. The largest absolute Gasteiger partial charge is 0.497 e. The van der Waals surface area contributed by atoms with Crippen molar-refractivity contribution in [1.82, 2.24) is 0 Å². The van der Waals surface area contributed by atoms with Crippen molar-refractivity contribution >= 4 is 51.4 Å². The Bertz CT molecular complexity index is 1500. The third-order valence-electron chi connectivity index (χ3n) is 7.70. The van der Waals surface area contributed by atoms with Gasteiger partial charge in [-0.15, -0.1) is 11.3 Å². The molecule has 11 heteroatoms. The van der Waals surface area contributed by atoms with E-state index in [9.17, 15) is 14.4 Å². The Kier molecular flexibility index (Phi) is 6.93. The number of aryl methyl sites for hydroxylation is 1. The maximum atomic E-state index is 14.3. The molecule has 2 fully saturated rings. The molecule has 0 bridgehead atoms. The highest BCUT2D eigenvalue weighted by Crippen LogP contribution is 2.52. The molecule has 0 saturated carbocycles. The highest BCUT2D eigenvalue weighted by molar-refractivity contribution is 7.17. The number of carbonyl (C=O) groups is 3. The first-order valence-corrected chi connectivity index (χ1v) is 14.1. The lowest BCUT2D eigenvalue weighted by atomic mass is 9.90. The lowest BCUT2D eigenvalue weighted by Gasteiger charge is -2.29. The van der Waals surface area contributed by atoms with Gasteiger partial charge >= 0.3 is 5.97 Å². The molecule has 208 valence electrons. The number of esters is 1. The van der Waals surface area contributed by atoms with Gasteiger partial charge in [0.1, 0.15) is 22.4 Å². The van der Waals surface area contributed by atoms with Crippen LogP contribution in [0.2, 0.25) is 5.02 Å². The van der Waals surface area contributed by atoms with E-state index >= 15 is 0 Å². The number of ether oxygens (including phenoxy) is 3. The fraction of sp³-hybridized carbons (Fsp3) is 0.345. The number of benzene rings is 2. The van der Waals surface area contributed by atoms with Gasteiger partial charge in [0.25, 0.3) is 5.91 Å². The molecule has 0 N–H and O–H groups in total. The van der Waals surface area contributed by atoms with E-state index < -0.39 is 35.8 Å². The molecule has 0 unspecified atom stereocenters. The molecule has 9 nitrogen and oxygen atoms in total. The van der Waals surface area contributed by atoms with Crippen LogP contribution in [-0.2, 0) is 32.0 Å². The monoisotopic (exact) mass is 582 g/mol. The van der Waals surface area contributed by atoms with Crippen LogP contribution in [0.4, 0.5) is 10.7 Å². The summed E-state index contributed by atoms with van der Waals surface area (Å²) < 4.78 is 16.2. The fourth-order valence-corrected chi connectivity index (χ4v) is 7.34. The van der Waals surface area contributed by atoms with Crippen molar-refractivity contribution in [3.8, 4) is 11.5 Å². The van der Waals surface area contributed by atoms with Crippen LogP contribution in [0.1, 0.15) is 45.2 Å². The molecule has 3 heterocycles. The Morgan fingerprint density at radius 1 is 1.00 bits per heavy atom. The van der Waals surface area contributed by atoms with Crippen LogP contribution in [0.25, 0.3) is 0 Å². The standard InChI is InChI=1S/C29H27ClN2O7S/c1-36-17-12-13-18(20(14-17)37-2)24-23-25(39-32(24)16-10-8-15(30)9-11-16)27(34)31(26(23)33)28-22(29(35)38-3)19-6-4-5-7-21(19)40-28/h8-14,23-25H,4-7H2,1-3H3/t23-,24-,25-/m0/s1. The van der Waals surface area contributed by atoms with Crippen LogP contribution in [-0.4, -0.2) is 45.2 Å². The zero-order valence-corrected chi connectivity index (χ0v) is 23.7. The van der Waals surface area contributed by atoms with Gasteiger partial charge in [-0.25, -0.2) is 14.8 Å². The smallest absolute Gasteiger partial charge is 0.341 e. The van der Waals surface area contributed by atoms with Gasteiger partial charge in [-0.05, 0) is 67.6 Å². The van der Waals surface area contributed by atoms with Crippen molar-refractivity contribution in [3.63, 3.8) is 0 Å². The third-order valence-corrected chi connectivity index (χ3v) is 9.23. The number of anilines is 2. The molecular weight excluding hydrogens is 556 g/mol. The average molecular weight is 583 g/mol. The summed E-state index contributed by atoms with van der Waals surface area (Å²) in [6.45, 7) is 0. The summed E-state index contributed by atoms with van der Waals surface area (Å²) in [7, 11) is 4.39. The Morgan fingerprint density at radius 2 is 1.75 bits per heavy atom. The van der Waals surface area contributed by atoms with Gasteiger partial charge in [-0.1, -0.05) is 11.6 Å². The minimum Gasteiger partial charge on any atom is -0.497 e. The van der Waals surface area contributed by atoms with Gasteiger partial charge in [0, 0.05) is 21.5 Å². The number of rotatable bonds is 6. The Hall–Kier alpha value is -3.60. The Morgan fingerprint density at radius 3 is 2.45 bits per heavy atom. The molecule has 1 aliphatic carbocycles. The van der Waals surface area contributed by atoms with E-state index in [1.54, 1.807) is 54.6 Å². The summed E-state index contributed by atoms with van der Waals surface area (Å²) in [5, 5.41) is 2.42. The van der Waals surface area contributed by atoms with Crippen molar-refractivity contribution in [2.45, 2.75) is 37.8 Å². The quantitative estimate of drug-likeness (QED) is 0.291. The van der Waals surface area contributed by atoms with Crippen molar-refractivity contribution in [3.05, 3.63) is 69.1 Å². The summed E-state index contributed by atoms with van der Waals surface area (Å²) in [6.07, 6.45) is 2.30. The second-order valence-corrected chi connectivity index (χ2v) is 11.3. The van der Waals surface area contributed by atoms with Gasteiger partial charge in [0.05, 0.1) is 38.6 Å².